The Hall–Kier alpha value is -2.70. The van der Waals surface area contributed by atoms with Crippen LogP contribution in [-0.4, -0.2) is 44.0 Å². The van der Waals surface area contributed by atoms with Gasteiger partial charge in [-0.1, -0.05) is 12.1 Å². The fourth-order valence-electron chi connectivity index (χ4n) is 4.63. The van der Waals surface area contributed by atoms with Gasteiger partial charge in [0.25, 0.3) is 5.56 Å². The fraction of sp³-hybridized carbons (Fsp3) is 0.524. The Labute approximate surface area is 163 Å². The van der Waals surface area contributed by atoms with E-state index in [0.717, 1.165) is 32.1 Å². The van der Waals surface area contributed by atoms with Gasteiger partial charge in [0.2, 0.25) is 5.91 Å². The molecule has 1 saturated heterocycles. The first-order chi connectivity index (χ1) is 13.5. The predicted octanol–water partition coefficient (Wildman–Crippen LogP) is 2.28. The van der Waals surface area contributed by atoms with E-state index < -0.39 is 12.0 Å². The molecule has 2 fully saturated rings. The van der Waals surface area contributed by atoms with Crippen molar-refractivity contribution in [2.75, 3.05) is 6.54 Å². The van der Waals surface area contributed by atoms with E-state index in [2.05, 4.69) is 4.98 Å². The number of hydrogen-bond donors (Lipinski definition) is 1. The largest absolute Gasteiger partial charge is 0.480 e. The molecule has 4 rings (SSSR count). The molecule has 2 aromatic rings. The smallest absolute Gasteiger partial charge is 0.326 e. The highest BCUT2D eigenvalue weighted by Gasteiger charge is 2.38. The minimum atomic E-state index is -0.900. The van der Waals surface area contributed by atoms with E-state index in [1.807, 2.05) is 18.2 Å². The van der Waals surface area contributed by atoms with E-state index >= 15 is 0 Å². The van der Waals surface area contributed by atoms with Crippen molar-refractivity contribution in [3.8, 4) is 0 Å². The van der Waals surface area contributed by atoms with Crippen LogP contribution in [0.4, 0.5) is 0 Å². The highest BCUT2D eigenvalue weighted by Crippen LogP contribution is 2.32. The van der Waals surface area contributed by atoms with Gasteiger partial charge in [0.1, 0.15) is 6.04 Å². The highest BCUT2D eigenvalue weighted by atomic mass is 16.4. The van der Waals surface area contributed by atoms with Crippen molar-refractivity contribution in [1.82, 2.24) is 14.5 Å². The van der Waals surface area contributed by atoms with Crippen LogP contribution in [-0.2, 0) is 16.1 Å². The van der Waals surface area contributed by atoms with Gasteiger partial charge < -0.3 is 10.0 Å². The van der Waals surface area contributed by atoms with Gasteiger partial charge >= 0.3 is 5.97 Å². The quantitative estimate of drug-likeness (QED) is 0.874. The summed E-state index contributed by atoms with van der Waals surface area (Å²) in [5, 5.41) is 9.93. The lowest BCUT2D eigenvalue weighted by atomic mass is 9.81. The van der Waals surface area contributed by atoms with Crippen molar-refractivity contribution in [2.24, 2.45) is 11.8 Å². The van der Waals surface area contributed by atoms with Crippen LogP contribution in [0.1, 0.15) is 38.5 Å². The van der Waals surface area contributed by atoms with Gasteiger partial charge in [0.05, 0.1) is 17.2 Å². The van der Waals surface area contributed by atoms with Gasteiger partial charge in [0.15, 0.2) is 0 Å². The molecule has 1 aromatic carbocycles. The summed E-state index contributed by atoms with van der Waals surface area (Å²) in [5.41, 5.74) is 0.682. The van der Waals surface area contributed by atoms with Gasteiger partial charge in [-0.2, -0.15) is 0 Å². The van der Waals surface area contributed by atoms with E-state index in [1.165, 1.54) is 0 Å². The zero-order valence-corrected chi connectivity index (χ0v) is 15.8. The number of para-hydroxylation sites is 1. The summed E-state index contributed by atoms with van der Waals surface area (Å²) in [5.74, 6) is -0.670. The third-order valence-electron chi connectivity index (χ3n) is 6.20. The maximum Gasteiger partial charge on any atom is 0.326 e. The van der Waals surface area contributed by atoms with Crippen LogP contribution in [0.2, 0.25) is 0 Å². The Kier molecular flexibility index (Phi) is 5.15. The summed E-state index contributed by atoms with van der Waals surface area (Å²) in [6.07, 6.45) is 6.15. The molecule has 148 valence electrons. The lowest BCUT2D eigenvalue weighted by Gasteiger charge is -2.32. The third-order valence-corrected chi connectivity index (χ3v) is 6.20. The average Bonchev–Trinajstić information content (AvgIpc) is 3.21. The number of carboxylic acid groups (broad SMARTS) is 1. The topological polar surface area (TPSA) is 92.5 Å². The fourth-order valence-corrected chi connectivity index (χ4v) is 4.63. The maximum atomic E-state index is 12.8. The Bertz CT molecular complexity index is 946. The van der Waals surface area contributed by atoms with Crippen LogP contribution in [0.25, 0.3) is 10.9 Å². The first-order valence-corrected chi connectivity index (χ1v) is 10.0. The standard InChI is InChI=1S/C21H25N3O4/c25-19(24-11-3-6-18(24)21(27)28)15-9-7-14(8-10-15)12-23-13-22-17-5-2-1-4-16(17)20(23)26/h1-2,4-5,13-15,18H,3,6-12H2,(H,27,28). The first-order valence-electron chi connectivity index (χ1n) is 10.0. The number of hydrogen-bond acceptors (Lipinski definition) is 4. The number of aliphatic carboxylic acids is 1. The van der Waals surface area contributed by atoms with Crippen LogP contribution in [0.5, 0.6) is 0 Å². The number of likely N-dealkylation sites (tertiary alicyclic amines) is 1. The SMILES string of the molecule is O=C(O)C1CCCN1C(=O)C1CCC(Cn2cnc3ccccc3c2=O)CC1. The number of nitrogens with zero attached hydrogens (tertiary/aromatic N) is 3. The van der Waals surface area contributed by atoms with E-state index in [1.54, 1.807) is 21.9 Å². The summed E-state index contributed by atoms with van der Waals surface area (Å²) in [4.78, 5) is 42.7. The third kappa shape index (κ3) is 3.53. The zero-order valence-electron chi connectivity index (χ0n) is 15.8. The number of rotatable bonds is 4. The van der Waals surface area contributed by atoms with Crippen molar-refractivity contribution in [1.29, 1.82) is 0 Å². The second-order valence-corrected chi connectivity index (χ2v) is 7.96. The van der Waals surface area contributed by atoms with Crippen LogP contribution >= 0.6 is 0 Å². The van der Waals surface area contributed by atoms with Crippen molar-refractivity contribution in [3.63, 3.8) is 0 Å². The van der Waals surface area contributed by atoms with Crippen molar-refractivity contribution < 1.29 is 14.7 Å². The molecule has 0 bridgehead atoms. The zero-order chi connectivity index (χ0) is 19.7. The Morgan fingerprint density at radius 1 is 1.11 bits per heavy atom. The second kappa shape index (κ2) is 7.73. The van der Waals surface area contributed by atoms with Crippen molar-refractivity contribution in [2.45, 2.75) is 51.1 Å². The Morgan fingerprint density at radius 3 is 2.61 bits per heavy atom. The number of carbonyl (C=O) groups is 2. The molecule has 1 aliphatic heterocycles. The molecule has 1 amide bonds. The summed E-state index contributed by atoms with van der Waals surface area (Å²) < 4.78 is 1.68. The number of carboxylic acids is 1. The predicted molar refractivity (Wildman–Crippen MR) is 104 cm³/mol. The molecule has 0 spiro atoms. The summed E-state index contributed by atoms with van der Waals surface area (Å²) in [7, 11) is 0. The van der Waals surface area contributed by atoms with E-state index in [9.17, 15) is 19.5 Å². The monoisotopic (exact) mass is 383 g/mol. The molecule has 2 aliphatic rings. The van der Waals surface area contributed by atoms with Crippen LogP contribution in [0.3, 0.4) is 0 Å². The van der Waals surface area contributed by atoms with Gasteiger partial charge in [0, 0.05) is 19.0 Å². The molecule has 1 aromatic heterocycles. The molecule has 7 nitrogen and oxygen atoms in total. The molecule has 0 radical (unpaired) electrons. The average molecular weight is 383 g/mol. The Morgan fingerprint density at radius 2 is 1.86 bits per heavy atom. The van der Waals surface area contributed by atoms with Gasteiger partial charge in [-0.15, -0.1) is 0 Å². The normalized spacial score (nSPS) is 25.1. The lowest BCUT2D eigenvalue weighted by molar-refractivity contribution is -0.150. The van der Waals surface area contributed by atoms with Gasteiger partial charge in [-0.25, -0.2) is 9.78 Å². The number of amides is 1. The van der Waals surface area contributed by atoms with E-state index in [0.29, 0.717) is 36.3 Å². The first kappa shape index (κ1) is 18.7. The van der Waals surface area contributed by atoms with E-state index in [-0.39, 0.29) is 17.4 Å². The molecular weight excluding hydrogens is 358 g/mol. The second-order valence-electron chi connectivity index (χ2n) is 7.96. The molecular formula is C21H25N3O4. The summed E-state index contributed by atoms with van der Waals surface area (Å²) in [6.45, 7) is 1.16. The molecule has 2 heterocycles. The molecule has 7 heteroatoms. The van der Waals surface area contributed by atoms with Crippen molar-refractivity contribution in [3.05, 3.63) is 40.9 Å². The number of carbonyl (C=O) groups excluding carboxylic acids is 1. The maximum absolute atomic E-state index is 12.8. The van der Waals surface area contributed by atoms with Crippen LogP contribution in [0.15, 0.2) is 35.4 Å². The molecule has 1 unspecified atom stereocenters. The number of aromatic nitrogens is 2. The number of fused-ring (bicyclic) bond motifs is 1. The molecule has 1 aliphatic carbocycles. The molecule has 1 saturated carbocycles. The van der Waals surface area contributed by atoms with Crippen LogP contribution < -0.4 is 5.56 Å². The minimum absolute atomic E-state index is 0.00658. The van der Waals surface area contributed by atoms with Crippen molar-refractivity contribution >= 4 is 22.8 Å². The molecule has 28 heavy (non-hydrogen) atoms. The lowest BCUT2D eigenvalue weighted by Crippen LogP contribution is -2.44. The van der Waals surface area contributed by atoms with E-state index in [4.69, 9.17) is 0 Å². The summed E-state index contributed by atoms with van der Waals surface area (Å²) in [6, 6.07) is 6.68. The molecule has 1 atom stereocenters. The minimum Gasteiger partial charge on any atom is -0.480 e. The number of benzene rings is 1. The molecule has 1 N–H and O–H groups in total. The summed E-state index contributed by atoms with van der Waals surface area (Å²) >= 11 is 0. The van der Waals surface area contributed by atoms with Gasteiger partial charge in [-0.3, -0.25) is 14.2 Å². The van der Waals surface area contributed by atoms with Crippen LogP contribution in [0, 0.1) is 11.8 Å². The Balaban J connectivity index is 1.38. The van der Waals surface area contributed by atoms with Gasteiger partial charge in [-0.05, 0) is 56.6 Å². The highest BCUT2D eigenvalue weighted by molar-refractivity contribution is 5.85.